The fourth-order valence-corrected chi connectivity index (χ4v) is 2.88. The van der Waals surface area contributed by atoms with Gasteiger partial charge in [-0.3, -0.25) is 9.48 Å². The summed E-state index contributed by atoms with van der Waals surface area (Å²) in [6.07, 6.45) is 5.94. The number of rotatable bonds is 7. The third-order valence-electron chi connectivity index (χ3n) is 4.40. The highest BCUT2D eigenvalue weighted by Crippen LogP contribution is 2.47. The molecule has 0 spiro atoms. The Morgan fingerprint density at radius 1 is 1.55 bits per heavy atom. The first-order chi connectivity index (χ1) is 10.7. The second-order valence-electron chi connectivity index (χ2n) is 6.06. The van der Waals surface area contributed by atoms with Gasteiger partial charge in [0.1, 0.15) is 6.10 Å². The van der Waals surface area contributed by atoms with E-state index in [0.717, 1.165) is 19.3 Å². The highest BCUT2D eigenvalue weighted by Gasteiger charge is 2.51. The Bertz CT molecular complexity index is 487. The number of ether oxygens (including phenoxy) is 2. The molecule has 2 atom stereocenters. The van der Waals surface area contributed by atoms with Gasteiger partial charge in [-0.25, -0.2) is 0 Å². The van der Waals surface area contributed by atoms with Crippen molar-refractivity contribution in [2.45, 2.75) is 38.0 Å². The Balaban J connectivity index is 1.57. The lowest BCUT2D eigenvalue weighted by Crippen LogP contribution is -2.52. The Kier molecular flexibility index (Phi) is 4.75. The topological polar surface area (TPSA) is 85.6 Å². The summed E-state index contributed by atoms with van der Waals surface area (Å²) in [4.78, 5) is 12.6. The van der Waals surface area contributed by atoms with Crippen LogP contribution in [-0.2, 0) is 20.8 Å². The van der Waals surface area contributed by atoms with E-state index in [4.69, 9.17) is 14.6 Å². The van der Waals surface area contributed by atoms with E-state index in [9.17, 15) is 4.79 Å². The number of aromatic nitrogens is 2. The molecule has 3 rings (SSSR count). The minimum atomic E-state index is -0.328. The van der Waals surface area contributed by atoms with Gasteiger partial charge in [0.2, 0.25) is 5.91 Å². The van der Waals surface area contributed by atoms with Crippen LogP contribution in [0.1, 0.15) is 19.3 Å². The number of nitrogens with zero attached hydrogens (tertiary/aromatic N) is 2. The lowest BCUT2D eigenvalue weighted by Gasteiger charge is -2.33. The van der Waals surface area contributed by atoms with E-state index >= 15 is 0 Å². The molecule has 122 valence electrons. The second-order valence-corrected chi connectivity index (χ2v) is 6.06. The fraction of sp³-hybridized carbons (Fsp3) is 0.733. The molecule has 2 heterocycles. The Morgan fingerprint density at radius 2 is 2.41 bits per heavy atom. The van der Waals surface area contributed by atoms with Crippen LogP contribution in [0.25, 0.3) is 0 Å². The standard InChI is InChI=1S/C15H23N3O4/c19-7-9-22-13-10-21-8-2-12(13)17-14(20)15(3-4-15)11-18-6-1-5-16-18/h1,5-6,12-13,19H,2-4,7-11H2,(H,17,20)/t12-,13-/m1/s1. The summed E-state index contributed by atoms with van der Waals surface area (Å²) in [5.41, 5.74) is -0.328. The van der Waals surface area contributed by atoms with Crippen molar-refractivity contribution in [2.75, 3.05) is 26.4 Å². The minimum absolute atomic E-state index is 0.0274. The molecule has 0 aromatic carbocycles. The van der Waals surface area contributed by atoms with Crippen LogP contribution in [0.4, 0.5) is 0 Å². The highest BCUT2D eigenvalue weighted by molar-refractivity contribution is 5.85. The number of carbonyl (C=O) groups excluding carboxylic acids is 1. The van der Waals surface area contributed by atoms with Crippen LogP contribution >= 0.6 is 0 Å². The van der Waals surface area contributed by atoms with Gasteiger partial charge in [0.05, 0.1) is 37.8 Å². The van der Waals surface area contributed by atoms with Crippen molar-refractivity contribution in [3.05, 3.63) is 18.5 Å². The van der Waals surface area contributed by atoms with E-state index < -0.39 is 0 Å². The number of aliphatic hydroxyl groups is 1. The van der Waals surface area contributed by atoms with Gasteiger partial charge in [0.15, 0.2) is 0 Å². The predicted molar refractivity (Wildman–Crippen MR) is 78.1 cm³/mol. The van der Waals surface area contributed by atoms with E-state index in [-0.39, 0.29) is 36.7 Å². The van der Waals surface area contributed by atoms with Gasteiger partial charge in [-0.2, -0.15) is 5.10 Å². The van der Waals surface area contributed by atoms with Crippen molar-refractivity contribution in [2.24, 2.45) is 5.41 Å². The molecule has 0 bridgehead atoms. The molecule has 1 saturated heterocycles. The Morgan fingerprint density at radius 3 is 3.09 bits per heavy atom. The molecule has 1 amide bonds. The molecule has 1 aromatic heterocycles. The van der Waals surface area contributed by atoms with Gasteiger partial charge in [0, 0.05) is 19.0 Å². The first-order valence-corrected chi connectivity index (χ1v) is 7.82. The van der Waals surface area contributed by atoms with E-state index in [0.29, 0.717) is 19.8 Å². The fourth-order valence-electron chi connectivity index (χ4n) is 2.88. The van der Waals surface area contributed by atoms with Crippen LogP contribution in [0.3, 0.4) is 0 Å². The number of amides is 1. The molecule has 7 heteroatoms. The smallest absolute Gasteiger partial charge is 0.228 e. The zero-order valence-corrected chi connectivity index (χ0v) is 12.6. The number of nitrogens with one attached hydrogen (secondary N) is 1. The molecule has 1 aliphatic heterocycles. The van der Waals surface area contributed by atoms with E-state index in [1.807, 2.05) is 16.9 Å². The average molecular weight is 309 g/mol. The van der Waals surface area contributed by atoms with E-state index in [1.165, 1.54) is 0 Å². The van der Waals surface area contributed by atoms with E-state index in [2.05, 4.69) is 10.4 Å². The zero-order chi connectivity index (χ0) is 15.4. The lowest BCUT2D eigenvalue weighted by atomic mass is 10.0. The molecule has 0 radical (unpaired) electrons. The van der Waals surface area contributed by atoms with Gasteiger partial charge in [0.25, 0.3) is 0 Å². The third kappa shape index (κ3) is 3.48. The lowest BCUT2D eigenvalue weighted by molar-refractivity contribution is -0.132. The molecular formula is C15H23N3O4. The second kappa shape index (κ2) is 6.76. The monoisotopic (exact) mass is 309 g/mol. The van der Waals surface area contributed by atoms with Crippen molar-refractivity contribution in [3.8, 4) is 0 Å². The van der Waals surface area contributed by atoms with Crippen LogP contribution in [0.5, 0.6) is 0 Å². The molecule has 22 heavy (non-hydrogen) atoms. The molecule has 1 aromatic rings. The first-order valence-electron chi connectivity index (χ1n) is 7.82. The summed E-state index contributed by atoms with van der Waals surface area (Å²) >= 11 is 0. The minimum Gasteiger partial charge on any atom is -0.394 e. The van der Waals surface area contributed by atoms with Crippen molar-refractivity contribution >= 4 is 5.91 Å². The summed E-state index contributed by atoms with van der Waals surface area (Å²) in [5.74, 6) is 0.0764. The van der Waals surface area contributed by atoms with Crippen LogP contribution < -0.4 is 5.32 Å². The maximum Gasteiger partial charge on any atom is 0.228 e. The summed E-state index contributed by atoms with van der Waals surface area (Å²) in [6, 6.07) is 1.81. The zero-order valence-electron chi connectivity index (χ0n) is 12.6. The van der Waals surface area contributed by atoms with Gasteiger partial charge in [-0.1, -0.05) is 0 Å². The van der Waals surface area contributed by atoms with Gasteiger partial charge in [-0.05, 0) is 25.3 Å². The van der Waals surface area contributed by atoms with Gasteiger partial charge < -0.3 is 19.9 Å². The highest BCUT2D eigenvalue weighted by atomic mass is 16.5. The number of hydrogen-bond acceptors (Lipinski definition) is 5. The van der Waals surface area contributed by atoms with Crippen LogP contribution in [0.15, 0.2) is 18.5 Å². The number of aliphatic hydroxyl groups excluding tert-OH is 1. The molecule has 7 nitrogen and oxygen atoms in total. The maximum atomic E-state index is 12.6. The van der Waals surface area contributed by atoms with Crippen LogP contribution in [-0.4, -0.2) is 59.4 Å². The summed E-state index contributed by atoms with van der Waals surface area (Å²) in [5, 5.41) is 16.2. The summed E-state index contributed by atoms with van der Waals surface area (Å²) in [7, 11) is 0. The number of carbonyl (C=O) groups is 1. The molecule has 1 aliphatic carbocycles. The molecule has 2 aliphatic rings. The maximum absolute atomic E-state index is 12.6. The summed E-state index contributed by atoms with van der Waals surface area (Å²) in [6.45, 7) is 1.93. The molecule has 2 fully saturated rings. The average Bonchev–Trinajstić information content (AvgIpc) is 3.13. The van der Waals surface area contributed by atoms with Gasteiger partial charge >= 0.3 is 0 Å². The Labute approximate surface area is 129 Å². The molecular weight excluding hydrogens is 286 g/mol. The normalized spacial score (nSPS) is 26.6. The quantitative estimate of drug-likeness (QED) is 0.737. The summed E-state index contributed by atoms with van der Waals surface area (Å²) < 4.78 is 12.8. The van der Waals surface area contributed by atoms with Gasteiger partial charge in [-0.15, -0.1) is 0 Å². The van der Waals surface area contributed by atoms with Crippen LogP contribution in [0.2, 0.25) is 0 Å². The van der Waals surface area contributed by atoms with Crippen LogP contribution in [0, 0.1) is 5.41 Å². The van der Waals surface area contributed by atoms with Crippen molar-refractivity contribution in [3.63, 3.8) is 0 Å². The molecule has 0 unspecified atom stereocenters. The van der Waals surface area contributed by atoms with Crippen molar-refractivity contribution in [1.29, 1.82) is 0 Å². The third-order valence-corrected chi connectivity index (χ3v) is 4.40. The van der Waals surface area contributed by atoms with Crippen molar-refractivity contribution in [1.82, 2.24) is 15.1 Å². The molecule has 1 saturated carbocycles. The predicted octanol–water partition coefficient (Wildman–Crippen LogP) is -0.0541. The Hall–Kier alpha value is -1.44. The van der Waals surface area contributed by atoms with Crippen molar-refractivity contribution < 1.29 is 19.4 Å². The largest absolute Gasteiger partial charge is 0.394 e. The van der Waals surface area contributed by atoms with E-state index in [1.54, 1.807) is 6.20 Å². The molecule has 2 N–H and O–H groups in total. The SMILES string of the molecule is O=C(N[C@@H]1CCOC[C@H]1OCCO)C1(Cn2cccn2)CC1. The number of hydrogen-bond donors (Lipinski definition) is 2. The first kappa shape index (κ1) is 15.5.